The molecular formula is C17H21NO. The third kappa shape index (κ3) is 4.49. The van der Waals surface area contributed by atoms with E-state index in [0.717, 1.165) is 19.3 Å². The van der Waals surface area contributed by atoms with Gasteiger partial charge in [0.05, 0.1) is 6.10 Å². The number of aryl methyl sites for hydroxylation is 3. The Hall–Kier alpha value is -1.67. The first-order valence-corrected chi connectivity index (χ1v) is 6.77. The van der Waals surface area contributed by atoms with E-state index in [2.05, 4.69) is 43.1 Å². The summed E-state index contributed by atoms with van der Waals surface area (Å²) in [6, 6.07) is 10.5. The van der Waals surface area contributed by atoms with Crippen molar-refractivity contribution in [3.8, 4) is 0 Å². The van der Waals surface area contributed by atoms with Crippen molar-refractivity contribution in [3.05, 3.63) is 65.0 Å². The predicted octanol–water partition coefficient (Wildman–Crippen LogP) is 3.23. The standard InChI is InChI=1S/C17H21NO/c1-13-8-14(2)10-16(9-13)11-17(19)6-5-15-4-3-7-18-12-15/h3-4,7-10,12,17,19H,5-6,11H2,1-2H3. The number of aliphatic hydroxyl groups is 1. The van der Waals surface area contributed by atoms with Gasteiger partial charge in [-0.05, 0) is 50.3 Å². The zero-order valence-electron chi connectivity index (χ0n) is 11.6. The molecule has 19 heavy (non-hydrogen) atoms. The summed E-state index contributed by atoms with van der Waals surface area (Å²) in [6.45, 7) is 4.19. The molecule has 1 aromatic heterocycles. The Morgan fingerprint density at radius 1 is 1.11 bits per heavy atom. The first-order valence-electron chi connectivity index (χ1n) is 6.77. The second-order valence-electron chi connectivity index (χ2n) is 5.25. The van der Waals surface area contributed by atoms with E-state index in [0.29, 0.717) is 0 Å². The van der Waals surface area contributed by atoms with Crippen LogP contribution >= 0.6 is 0 Å². The van der Waals surface area contributed by atoms with Crippen molar-refractivity contribution in [1.82, 2.24) is 4.98 Å². The van der Waals surface area contributed by atoms with Crippen LogP contribution < -0.4 is 0 Å². The molecule has 1 aromatic carbocycles. The van der Waals surface area contributed by atoms with Crippen molar-refractivity contribution in [3.63, 3.8) is 0 Å². The Kier molecular flexibility index (Phi) is 4.69. The molecule has 1 atom stereocenters. The van der Waals surface area contributed by atoms with E-state index in [-0.39, 0.29) is 6.10 Å². The molecular weight excluding hydrogens is 234 g/mol. The summed E-state index contributed by atoms with van der Waals surface area (Å²) in [5.41, 5.74) is 4.92. The molecule has 0 aliphatic carbocycles. The van der Waals surface area contributed by atoms with Crippen LogP contribution in [0.1, 0.15) is 28.7 Å². The number of hydrogen-bond donors (Lipinski definition) is 1. The summed E-state index contributed by atoms with van der Waals surface area (Å²) in [5, 5.41) is 10.1. The minimum absolute atomic E-state index is 0.290. The number of pyridine rings is 1. The first-order chi connectivity index (χ1) is 9.13. The lowest BCUT2D eigenvalue weighted by atomic mass is 9.99. The monoisotopic (exact) mass is 255 g/mol. The Morgan fingerprint density at radius 2 is 1.84 bits per heavy atom. The molecule has 100 valence electrons. The summed E-state index contributed by atoms with van der Waals surface area (Å²) < 4.78 is 0. The van der Waals surface area contributed by atoms with Gasteiger partial charge >= 0.3 is 0 Å². The maximum Gasteiger partial charge on any atom is 0.0583 e. The molecule has 0 spiro atoms. The highest BCUT2D eigenvalue weighted by Crippen LogP contribution is 2.13. The van der Waals surface area contributed by atoms with Crippen LogP contribution in [-0.2, 0) is 12.8 Å². The van der Waals surface area contributed by atoms with E-state index in [4.69, 9.17) is 0 Å². The number of rotatable bonds is 5. The lowest BCUT2D eigenvalue weighted by Gasteiger charge is -2.12. The molecule has 0 saturated carbocycles. The summed E-state index contributed by atoms with van der Waals surface area (Å²) >= 11 is 0. The second-order valence-corrected chi connectivity index (χ2v) is 5.25. The second kappa shape index (κ2) is 6.48. The van der Waals surface area contributed by atoms with E-state index in [1.807, 2.05) is 12.3 Å². The molecule has 2 heteroatoms. The molecule has 2 aromatic rings. The zero-order valence-corrected chi connectivity index (χ0v) is 11.6. The van der Waals surface area contributed by atoms with Crippen LogP contribution in [0.3, 0.4) is 0 Å². The first kappa shape index (κ1) is 13.8. The quantitative estimate of drug-likeness (QED) is 0.889. The molecule has 1 N–H and O–H groups in total. The number of aromatic nitrogens is 1. The molecule has 0 saturated heterocycles. The molecule has 0 aliphatic heterocycles. The average Bonchev–Trinajstić information content (AvgIpc) is 2.36. The van der Waals surface area contributed by atoms with Crippen molar-refractivity contribution >= 4 is 0 Å². The number of nitrogens with zero attached hydrogens (tertiary/aromatic N) is 1. The highest BCUT2D eigenvalue weighted by atomic mass is 16.3. The van der Waals surface area contributed by atoms with Crippen molar-refractivity contribution in [2.45, 2.75) is 39.2 Å². The Morgan fingerprint density at radius 3 is 2.47 bits per heavy atom. The molecule has 1 unspecified atom stereocenters. The van der Waals surface area contributed by atoms with Crippen LogP contribution in [-0.4, -0.2) is 16.2 Å². The van der Waals surface area contributed by atoms with Gasteiger partial charge < -0.3 is 5.11 Å². The fraction of sp³-hybridized carbons (Fsp3) is 0.353. The van der Waals surface area contributed by atoms with Crippen molar-refractivity contribution < 1.29 is 5.11 Å². The van der Waals surface area contributed by atoms with Gasteiger partial charge in [0, 0.05) is 12.4 Å². The Balaban J connectivity index is 1.89. The molecule has 2 nitrogen and oxygen atoms in total. The van der Waals surface area contributed by atoms with Crippen LogP contribution in [0.2, 0.25) is 0 Å². The summed E-state index contributed by atoms with van der Waals surface area (Å²) in [6.07, 6.45) is 5.72. The van der Waals surface area contributed by atoms with Crippen LogP contribution in [0.5, 0.6) is 0 Å². The van der Waals surface area contributed by atoms with Gasteiger partial charge in [-0.15, -0.1) is 0 Å². The van der Waals surface area contributed by atoms with Gasteiger partial charge in [-0.2, -0.15) is 0 Å². The van der Waals surface area contributed by atoms with Crippen LogP contribution in [0.25, 0.3) is 0 Å². The normalized spacial score (nSPS) is 12.4. The summed E-state index contributed by atoms with van der Waals surface area (Å²) in [4.78, 5) is 4.09. The average molecular weight is 255 g/mol. The maximum atomic E-state index is 10.1. The van der Waals surface area contributed by atoms with Crippen LogP contribution in [0.15, 0.2) is 42.7 Å². The predicted molar refractivity (Wildman–Crippen MR) is 78.2 cm³/mol. The van der Waals surface area contributed by atoms with Crippen molar-refractivity contribution in [2.75, 3.05) is 0 Å². The minimum Gasteiger partial charge on any atom is -0.393 e. The number of aliphatic hydroxyl groups excluding tert-OH is 1. The zero-order chi connectivity index (χ0) is 13.7. The van der Waals surface area contributed by atoms with Crippen molar-refractivity contribution in [1.29, 1.82) is 0 Å². The van der Waals surface area contributed by atoms with Crippen LogP contribution in [0, 0.1) is 13.8 Å². The molecule has 0 radical (unpaired) electrons. The molecule has 0 aliphatic rings. The Bertz CT molecular complexity index is 502. The smallest absolute Gasteiger partial charge is 0.0583 e. The highest BCUT2D eigenvalue weighted by molar-refractivity contribution is 5.29. The van der Waals surface area contributed by atoms with Crippen LogP contribution in [0.4, 0.5) is 0 Å². The fourth-order valence-corrected chi connectivity index (χ4v) is 2.44. The molecule has 0 fully saturated rings. The summed E-state index contributed by atoms with van der Waals surface area (Å²) in [7, 11) is 0. The van der Waals surface area contributed by atoms with Crippen molar-refractivity contribution in [2.24, 2.45) is 0 Å². The van der Waals surface area contributed by atoms with E-state index in [1.54, 1.807) is 6.20 Å². The largest absolute Gasteiger partial charge is 0.393 e. The molecule has 1 heterocycles. The maximum absolute atomic E-state index is 10.1. The highest BCUT2D eigenvalue weighted by Gasteiger charge is 2.07. The van der Waals surface area contributed by atoms with Gasteiger partial charge in [-0.25, -0.2) is 0 Å². The molecule has 2 rings (SSSR count). The van der Waals surface area contributed by atoms with E-state index in [1.165, 1.54) is 22.3 Å². The minimum atomic E-state index is -0.290. The van der Waals surface area contributed by atoms with E-state index in [9.17, 15) is 5.11 Å². The van der Waals surface area contributed by atoms with Gasteiger partial charge in [0.2, 0.25) is 0 Å². The Labute approximate surface area is 115 Å². The van der Waals surface area contributed by atoms with Gasteiger partial charge in [0.15, 0.2) is 0 Å². The lowest BCUT2D eigenvalue weighted by Crippen LogP contribution is -2.12. The third-order valence-electron chi connectivity index (χ3n) is 3.24. The van der Waals surface area contributed by atoms with Gasteiger partial charge in [0.1, 0.15) is 0 Å². The number of benzene rings is 1. The topological polar surface area (TPSA) is 33.1 Å². The fourth-order valence-electron chi connectivity index (χ4n) is 2.44. The van der Waals surface area contributed by atoms with E-state index < -0.39 is 0 Å². The molecule has 0 bridgehead atoms. The lowest BCUT2D eigenvalue weighted by molar-refractivity contribution is 0.165. The molecule has 0 amide bonds. The summed E-state index contributed by atoms with van der Waals surface area (Å²) in [5.74, 6) is 0. The third-order valence-corrected chi connectivity index (χ3v) is 3.24. The van der Waals surface area contributed by atoms with Gasteiger partial charge in [-0.1, -0.05) is 35.4 Å². The van der Waals surface area contributed by atoms with Gasteiger partial charge in [0.25, 0.3) is 0 Å². The number of hydrogen-bond acceptors (Lipinski definition) is 2. The SMILES string of the molecule is Cc1cc(C)cc(CC(O)CCc2cccnc2)c1. The van der Waals surface area contributed by atoms with Gasteiger partial charge in [-0.3, -0.25) is 4.98 Å². The van der Waals surface area contributed by atoms with E-state index >= 15 is 0 Å².